The van der Waals surface area contributed by atoms with Crippen molar-refractivity contribution in [3.63, 3.8) is 0 Å². The standard InChI is InChI=1S/C13H13BrN2O4S/c1-6-11(12(18)19)21-13(16-6)15-5-7-3-8(14)10(17)9(4-7)20-2/h3-4,17H,5H2,1-2H3,(H,15,16)(H,18,19). The predicted molar refractivity (Wildman–Crippen MR) is 83.5 cm³/mol. The van der Waals surface area contributed by atoms with Gasteiger partial charge in [-0.05, 0) is 40.5 Å². The molecule has 0 unspecified atom stereocenters. The van der Waals surface area contributed by atoms with Crippen molar-refractivity contribution >= 4 is 38.4 Å². The number of nitrogens with zero attached hydrogens (tertiary/aromatic N) is 1. The van der Waals surface area contributed by atoms with Crippen LogP contribution >= 0.6 is 27.3 Å². The van der Waals surface area contributed by atoms with E-state index < -0.39 is 5.97 Å². The minimum atomic E-state index is -0.980. The van der Waals surface area contributed by atoms with E-state index >= 15 is 0 Å². The van der Waals surface area contributed by atoms with E-state index in [1.54, 1.807) is 19.1 Å². The fraction of sp³-hybridized carbons (Fsp3) is 0.231. The molecular weight excluding hydrogens is 360 g/mol. The second-order valence-corrected chi connectivity index (χ2v) is 6.07. The van der Waals surface area contributed by atoms with Gasteiger partial charge in [0.05, 0.1) is 17.3 Å². The van der Waals surface area contributed by atoms with E-state index in [2.05, 4.69) is 26.2 Å². The van der Waals surface area contributed by atoms with E-state index in [1.807, 2.05) is 0 Å². The molecule has 0 aliphatic heterocycles. The van der Waals surface area contributed by atoms with Crippen LogP contribution in [0.2, 0.25) is 0 Å². The molecule has 1 aromatic heterocycles. The van der Waals surface area contributed by atoms with Crippen LogP contribution in [-0.4, -0.2) is 28.3 Å². The Kier molecular flexibility index (Phi) is 4.69. The van der Waals surface area contributed by atoms with Gasteiger partial charge in [0, 0.05) is 6.54 Å². The molecule has 0 aliphatic rings. The number of phenolic OH excluding ortho intramolecular Hbond substituents is 1. The van der Waals surface area contributed by atoms with Gasteiger partial charge in [0.25, 0.3) is 0 Å². The number of carboxylic acids is 1. The normalized spacial score (nSPS) is 10.4. The zero-order valence-corrected chi connectivity index (χ0v) is 13.7. The number of hydrogen-bond donors (Lipinski definition) is 3. The van der Waals surface area contributed by atoms with Crippen molar-refractivity contribution in [1.29, 1.82) is 0 Å². The Balaban J connectivity index is 2.15. The third-order valence-electron chi connectivity index (χ3n) is 2.74. The fourth-order valence-corrected chi connectivity index (χ4v) is 3.02. The highest BCUT2D eigenvalue weighted by Gasteiger charge is 2.14. The van der Waals surface area contributed by atoms with Crippen LogP contribution in [0.1, 0.15) is 20.9 Å². The Morgan fingerprint density at radius 2 is 2.24 bits per heavy atom. The maximum atomic E-state index is 11.0. The molecule has 0 radical (unpaired) electrons. The van der Waals surface area contributed by atoms with Gasteiger partial charge in [-0.1, -0.05) is 11.3 Å². The molecule has 0 amide bonds. The number of hydrogen-bond acceptors (Lipinski definition) is 6. The number of thiazole rings is 1. The van der Waals surface area contributed by atoms with Crippen LogP contribution in [0.5, 0.6) is 11.5 Å². The van der Waals surface area contributed by atoms with Gasteiger partial charge < -0.3 is 20.3 Å². The number of aromatic nitrogens is 1. The second-order valence-electron chi connectivity index (χ2n) is 4.22. The molecule has 2 rings (SSSR count). The quantitative estimate of drug-likeness (QED) is 0.745. The number of phenols is 1. The molecule has 21 heavy (non-hydrogen) atoms. The molecule has 8 heteroatoms. The Hall–Kier alpha value is -1.80. The maximum absolute atomic E-state index is 11.0. The summed E-state index contributed by atoms with van der Waals surface area (Å²) in [4.78, 5) is 15.4. The first kappa shape index (κ1) is 15.6. The lowest BCUT2D eigenvalue weighted by Gasteiger charge is -2.09. The van der Waals surface area contributed by atoms with E-state index in [0.29, 0.717) is 27.6 Å². The lowest BCUT2D eigenvalue weighted by molar-refractivity contribution is 0.0701. The van der Waals surface area contributed by atoms with Gasteiger partial charge in [0.1, 0.15) is 4.88 Å². The number of carboxylic acid groups (broad SMARTS) is 1. The number of rotatable bonds is 5. The number of benzene rings is 1. The Morgan fingerprint density at radius 3 is 2.81 bits per heavy atom. The lowest BCUT2D eigenvalue weighted by atomic mass is 10.2. The highest BCUT2D eigenvalue weighted by molar-refractivity contribution is 9.10. The zero-order chi connectivity index (χ0) is 15.6. The largest absolute Gasteiger partial charge is 0.503 e. The number of aromatic carboxylic acids is 1. The van der Waals surface area contributed by atoms with Crippen molar-refractivity contribution in [1.82, 2.24) is 4.98 Å². The molecule has 0 atom stereocenters. The molecule has 0 aliphatic carbocycles. The number of methoxy groups -OCH3 is 1. The van der Waals surface area contributed by atoms with Crippen LogP contribution in [-0.2, 0) is 6.54 Å². The Morgan fingerprint density at radius 1 is 1.52 bits per heavy atom. The third-order valence-corrected chi connectivity index (χ3v) is 4.45. The maximum Gasteiger partial charge on any atom is 0.347 e. The summed E-state index contributed by atoms with van der Waals surface area (Å²) in [5, 5.41) is 22.3. The number of aryl methyl sites for hydroxylation is 1. The minimum Gasteiger partial charge on any atom is -0.503 e. The van der Waals surface area contributed by atoms with Crippen LogP contribution in [0, 0.1) is 6.92 Å². The monoisotopic (exact) mass is 372 g/mol. The van der Waals surface area contributed by atoms with Crippen molar-refractivity contribution in [2.24, 2.45) is 0 Å². The molecule has 1 heterocycles. The van der Waals surface area contributed by atoms with Crippen LogP contribution in [0.15, 0.2) is 16.6 Å². The number of aromatic hydroxyl groups is 1. The molecule has 3 N–H and O–H groups in total. The molecule has 0 fully saturated rings. The smallest absolute Gasteiger partial charge is 0.347 e. The van der Waals surface area contributed by atoms with Crippen LogP contribution in [0.25, 0.3) is 0 Å². The van der Waals surface area contributed by atoms with Crippen molar-refractivity contribution in [3.05, 3.63) is 32.7 Å². The summed E-state index contributed by atoms with van der Waals surface area (Å²) < 4.78 is 5.60. The first-order valence-corrected chi connectivity index (χ1v) is 7.53. The van der Waals surface area contributed by atoms with Crippen molar-refractivity contribution in [3.8, 4) is 11.5 Å². The molecule has 2 aromatic rings. The molecule has 0 saturated carbocycles. The van der Waals surface area contributed by atoms with Crippen molar-refractivity contribution < 1.29 is 19.7 Å². The van der Waals surface area contributed by atoms with E-state index in [4.69, 9.17) is 9.84 Å². The topological polar surface area (TPSA) is 91.7 Å². The van der Waals surface area contributed by atoms with Crippen LogP contribution < -0.4 is 10.1 Å². The van der Waals surface area contributed by atoms with E-state index in [0.717, 1.165) is 16.9 Å². The number of ether oxygens (including phenoxy) is 1. The second kappa shape index (κ2) is 6.31. The summed E-state index contributed by atoms with van der Waals surface area (Å²) in [5.41, 5.74) is 1.35. The number of halogens is 1. The molecular formula is C13H13BrN2O4S. The predicted octanol–water partition coefficient (Wildman–Crippen LogP) is 3.24. The summed E-state index contributed by atoms with van der Waals surface area (Å²) in [6.45, 7) is 2.09. The van der Waals surface area contributed by atoms with E-state index in [1.165, 1.54) is 7.11 Å². The fourth-order valence-electron chi connectivity index (χ4n) is 1.73. The van der Waals surface area contributed by atoms with Gasteiger partial charge in [-0.3, -0.25) is 0 Å². The molecule has 0 saturated heterocycles. The van der Waals surface area contributed by atoms with Gasteiger partial charge in [-0.2, -0.15) is 0 Å². The Bertz CT molecular complexity index is 687. The molecule has 1 aromatic carbocycles. The number of carbonyl (C=O) groups is 1. The average molecular weight is 373 g/mol. The van der Waals surface area contributed by atoms with Gasteiger partial charge in [-0.25, -0.2) is 9.78 Å². The highest BCUT2D eigenvalue weighted by Crippen LogP contribution is 2.35. The Labute approximate surface area is 133 Å². The number of nitrogens with one attached hydrogen (secondary N) is 1. The SMILES string of the molecule is COc1cc(CNc2nc(C)c(C(=O)O)s2)cc(Br)c1O. The third kappa shape index (κ3) is 3.45. The number of anilines is 1. The highest BCUT2D eigenvalue weighted by atomic mass is 79.9. The average Bonchev–Trinajstić information content (AvgIpc) is 2.81. The lowest BCUT2D eigenvalue weighted by Crippen LogP contribution is -1.99. The molecule has 6 nitrogen and oxygen atoms in total. The van der Waals surface area contributed by atoms with E-state index in [9.17, 15) is 9.90 Å². The first-order chi connectivity index (χ1) is 9.92. The summed E-state index contributed by atoms with van der Waals surface area (Å²) in [5.74, 6) is -0.575. The van der Waals surface area contributed by atoms with Crippen molar-refractivity contribution in [2.45, 2.75) is 13.5 Å². The van der Waals surface area contributed by atoms with E-state index in [-0.39, 0.29) is 10.6 Å². The minimum absolute atomic E-state index is 0.0412. The van der Waals surface area contributed by atoms with Gasteiger partial charge in [0.15, 0.2) is 16.6 Å². The summed E-state index contributed by atoms with van der Waals surface area (Å²) in [6, 6.07) is 3.45. The van der Waals surface area contributed by atoms with Gasteiger partial charge in [0.2, 0.25) is 0 Å². The summed E-state index contributed by atoms with van der Waals surface area (Å²) >= 11 is 4.34. The summed E-state index contributed by atoms with van der Waals surface area (Å²) in [6.07, 6.45) is 0. The van der Waals surface area contributed by atoms with Gasteiger partial charge in [-0.15, -0.1) is 0 Å². The first-order valence-electron chi connectivity index (χ1n) is 5.92. The van der Waals surface area contributed by atoms with Crippen molar-refractivity contribution in [2.75, 3.05) is 12.4 Å². The van der Waals surface area contributed by atoms with Gasteiger partial charge >= 0.3 is 5.97 Å². The summed E-state index contributed by atoms with van der Waals surface area (Å²) in [7, 11) is 1.47. The zero-order valence-electron chi connectivity index (χ0n) is 11.3. The van der Waals surface area contributed by atoms with Crippen LogP contribution in [0.4, 0.5) is 5.13 Å². The van der Waals surface area contributed by atoms with Crippen LogP contribution in [0.3, 0.4) is 0 Å². The molecule has 112 valence electrons. The molecule has 0 spiro atoms. The molecule has 0 bridgehead atoms.